The van der Waals surface area contributed by atoms with Gasteiger partial charge in [0.2, 0.25) is 0 Å². The summed E-state index contributed by atoms with van der Waals surface area (Å²) < 4.78 is 10.5. The van der Waals surface area contributed by atoms with Crippen LogP contribution in [0, 0.1) is 0 Å². The van der Waals surface area contributed by atoms with Gasteiger partial charge in [-0.05, 0) is 27.2 Å². The lowest BCUT2D eigenvalue weighted by Gasteiger charge is -2.27. The Balaban J connectivity index is 2.32. The van der Waals surface area contributed by atoms with Crippen LogP contribution in [0.3, 0.4) is 0 Å². The zero-order chi connectivity index (χ0) is 15.0. The molecule has 0 aliphatic heterocycles. The number of aromatic nitrogens is 1. The van der Waals surface area contributed by atoms with Crippen molar-refractivity contribution in [2.75, 3.05) is 19.6 Å². The van der Waals surface area contributed by atoms with Crippen molar-refractivity contribution >= 4 is 6.09 Å². The molecule has 0 unspecified atom stereocenters. The minimum atomic E-state index is -0.462. The van der Waals surface area contributed by atoms with Gasteiger partial charge >= 0.3 is 6.09 Å². The van der Waals surface area contributed by atoms with Crippen LogP contribution in [0.25, 0.3) is 0 Å². The topological polar surface area (TPSA) is 67.6 Å². The van der Waals surface area contributed by atoms with E-state index in [1.807, 2.05) is 27.7 Å². The summed E-state index contributed by atoms with van der Waals surface area (Å²) in [6.45, 7) is 10.2. The van der Waals surface area contributed by atoms with Gasteiger partial charge in [0.25, 0.3) is 0 Å². The van der Waals surface area contributed by atoms with E-state index in [2.05, 4.69) is 10.3 Å². The van der Waals surface area contributed by atoms with E-state index in [4.69, 9.17) is 9.15 Å². The molecule has 0 aromatic carbocycles. The predicted molar refractivity (Wildman–Crippen MR) is 76.3 cm³/mol. The Morgan fingerprint density at radius 1 is 1.45 bits per heavy atom. The number of nitrogens with one attached hydrogen (secondary N) is 1. The van der Waals surface area contributed by atoms with Crippen LogP contribution in [0.1, 0.15) is 39.9 Å². The molecule has 0 bridgehead atoms. The monoisotopic (exact) mass is 283 g/mol. The van der Waals surface area contributed by atoms with E-state index in [0.29, 0.717) is 26.2 Å². The first-order valence-electron chi connectivity index (χ1n) is 6.98. The largest absolute Gasteiger partial charge is 0.447 e. The number of hydrogen-bond acceptors (Lipinski definition) is 5. The molecule has 1 aromatic heterocycles. The van der Waals surface area contributed by atoms with Crippen LogP contribution >= 0.6 is 0 Å². The standard InChI is InChI=1S/C14H25N3O3/c1-5-7-17(13(18)20-14(2,3)4)8-6-15-9-12-10-16-11-19-12/h10-11,15H,5-9H2,1-4H3. The third-order valence-electron chi connectivity index (χ3n) is 2.49. The first-order chi connectivity index (χ1) is 9.42. The molecule has 0 atom stereocenters. The number of rotatable bonds is 7. The van der Waals surface area contributed by atoms with Crippen molar-refractivity contribution in [2.45, 2.75) is 46.3 Å². The maximum absolute atomic E-state index is 12.0. The highest BCUT2D eigenvalue weighted by Gasteiger charge is 2.21. The van der Waals surface area contributed by atoms with Crippen molar-refractivity contribution in [1.29, 1.82) is 0 Å². The highest BCUT2D eigenvalue weighted by atomic mass is 16.6. The zero-order valence-electron chi connectivity index (χ0n) is 12.8. The second-order valence-electron chi connectivity index (χ2n) is 5.61. The van der Waals surface area contributed by atoms with Crippen LogP contribution in [0.15, 0.2) is 17.0 Å². The highest BCUT2D eigenvalue weighted by molar-refractivity contribution is 5.68. The fraction of sp³-hybridized carbons (Fsp3) is 0.714. The van der Waals surface area contributed by atoms with Gasteiger partial charge < -0.3 is 19.4 Å². The van der Waals surface area contributed by atoms with Crippen molar-refractivity contribution < 1.29 is 13.9 Å². The van der Waals surface area contributed by atoms with Crippen molar-refractivity contribution in [3.8, 4) is 0 Å². The van der Waals surface area contributed by atoms with E-state index >= 15 is 0 Å². The number of nitrogens with zero attached hydrogens (tertiary/aromatic N) is 2. The molecule has 1 aromatic rings. The first-order valence-corrected chi connectivity index (χ1v) is 6.98. The van der Waals surface area contributed by atoms with Gasteiger partial charge in [-0.25, -0.2) is 9.78 Å². The maximum atomic E-state index is 12.0. The number of ether oxygens (including phenoxy) is 1. The molecule has 0 aliphatic rings. The molecule has 6 heteroatoms. The quantitative estimate of drug-likeness (QED) is 0.778. The van der Waals surface area contributed by atoms with Gasteiger partial charge in [-0.3, -0.25) is 0 Å². The van der Waals surface area contributed by atoms with Crippen LogP contribution in [0.4, 0.5) is 4.79 Å². The SMILES string of the molecule is CCCN(CCNCc1cnco1)C(=O)OC(C)(C)C. The van der Waals surface area contributed by atoms with E-state index in [1.165, 1.54) is 6.39 Å². The molecule has 1 amide bonds. The van der Waals surface area contributed by atoms with Crippen molar-refractivity contribution in [3.63, 3.8) is 0 Å². The lowest BCUT2D eigenvalue weighted by molar-refractivity contribution is 0.0251. The van der Waals surface area contributed by atoms with Gasteiger partial charge in [0.05, 0.1) is 12.7 Å². The van der Waals surface area contributed by atoms with Gasteiger partial charge in [-0.15, -0.1) is 0 Å². The minimum absolute atomic E-state index is 0.263. The zero-order valence-corrected chi connectivity index (χ0v) is 12.8. The van der Waals surface area contributed by atoms with Crippen molar-refractivity contribution in [3.05, 3.63) is 18.4 Å². The van der Waals surface area contributed by atoms with Crippen LogP contribution in [-0.2, 0) is 11.3 Å². The highest BCUT2D eigenvalue weighted by Crippen LogP contribution is 2.10. The molecule has 0 fully saturated rings. The Morgan fingerprint density at radius 2 is 2.20 bits per heavy atom. The molecule has 6 nitrogen and oxygen atoms in total. The summed E-state index contributed by atoms with van der Waals surface area (Å²) in [6, 6.07) is 0. The van der Waals surface area contributed by atoms with Gasteiger partial charge in [0, 0.05) is 19.6 Å². The molecule has 1 heterocycles. The summed E-state index contributed by atoms with van der Waals surface area (Å²) in [6.07, 6.45) is 3.72. The van der Waals surface area contributed by atoms with E-state index in [9.17, 15) is 4.79 Å². The molecule has 1 N–H and O–H groups in total. The van der Waals surface area contributed by atoms with E-state index in [-0.39, 0.29) is 6.09 Å². The Bertz CT molecular complexity index is 385. The van der Waals surface area contributed by atoms with Crippen LogP contribution < -0.4 is 5.32 Å². The normalized spacial score (nSPS) is 11.4. The molecule has 0 spiro atoms. The number of amides is 1. The fourth-order valence-corrected chi connectivity index (χ4v) is 1.65. The summed E-state index contributed by atoms with van der Waals surface area (Å²) in [5.41, 5.74) is -0.462. The fourth-order valence-electron chi connectivity index (χ4n) is 1.65. The second-order valence-corrected chi connectivity index (χ2v) is 5.61. The molecule has 1 rings (SSSR count). The summed E-state index contributed by atoms with van der Waals surface area (Å²) in [7, 11) is 0. The Morgan fingerprint density at radius 3 is 2.75 bits per heavy atom. The number of oxazole rings is 1. The summed E-state index contributed by atoms with van der Waals surface area (Å²) in [5, 5.41) is 3.21. The molecule has 0 saturated heterocycles. The molecule has 20 heavy (non-hydrogen) atoms. The molecule has 114 valence electrons. The minimum Gasteiger partial charge on any atom is -0.447 e. The van der Waals surface area contributed by atoms with E-state index in [1.54, 1.807) is 11.1 Å². The Labute approximate surface area is 120 Å². The van der Waals surface area contributed by atoms with Gasteiger partial charge in [0.1, 0.15) is 11.4 Å². The average Bonchev–Trinajstić information content (AvgIpc) is 2.83. The third kappa shape index (κ3) is 6.56. The number of carbonyl (C=O) groups is 1. The lowest BCUT2D eigenvalue weighted by Crippen LogP contribution is -2.40. The Kier molecular flexibility index (Phi) is 6.51. The average molecular weight is 283 g/mol. The van der Waals surface area contributed by atoms with Crippen LogP contribution in [0.5, 0.6) is 0 Å². The van der Waals surface area contributed by atoms with Gasteiger partial charge in [0.15, 0.2) is 6.39 Å². The lowest BCUT2D eigenvalue weighted by atomic mass is 10.2. The number of carbonyl (C=O) groups excluding carboxylic acids is 1. The predicted octanol–water partition coefficient (Wildman–Crippen LogP) is 2.41. The van der Waals surface area contributed by atoms with E-state index in [0.717, 1.165) is 12.2 Å². The smallest absolute Gasteiger partial charge is 0.410 e. The number of hydrogen-bond donors (Lipinski definition) is 1. The van der Waals surface area contributed by atoms with Crippen molar-refractivity contribution in [2.24, 2.45) is 0 Å². The molecule has 0 aliphatic carbocycles. The molecule has 0 radical (unpaired) electrons. The summed E-state index contributed by atoms with van der Waals surface area (Å²) >= 11 is 0. The summed E-state index contributed by atoms with van der Waals surface area (Å²) in [5.74, 6) is 0.782. The summed E-state index contributed by atoms with van der Waals surface area (Å²) in [4.78, 5) is 17.6. The molecule has 0 saturated carbocycles. The van der Waals surface area contributed by atoms with Crippen LogP contribution in [-0.4, -0.2) is 41.2 Å². The maximum Gasteiger partial charge on any atom is 0.410 e. The van der Waals surface area contributed by atoms with Gasteiger partial charge in [-0.2, -0.15) is 0 Å². The molecular formula is C14H25N3O3. The van der Waals surface area contributed by atoms with Crippen molar-refractivity contribution in [1.82, 2.24) is 15.2 Å². The Hall–Kier alpha value is -1.56. The first kappa shape index (κ1) is 16.5. The molecular weight excluding hydrogens is 258 g/mol. The van der Waals surface area contributed by atoms with E-state index < -0.39 is 5.60 Å². The third-order valence-corrected chi connectivity index (χ3v) is 2.49. The van der Waals surface area contributed by atoms with Crippen LogP contribution in [0.2, 0.25) is 0 Å². The second kappa shape index (κ2) is 7.89. The van der Waals surface area contributed by atoms with Gasteiger partial charge in [-0.1, -0.05) is 6.92 Å².